The lowest BCUT2D eigenvalue weighted by molar-refractivity contribution is 1.04. The van der Waals surface area contributed by atoms with E-state index in [4.69, 9.17) is 5.26 Å². The molecule has 2 aromatic heterocycles. The van der Waals surface area contributed by atoms with Gasteiger partial charge in [-0.05, 0) is 12.1 Å². The Labute approximate surface area is 87.0 Å². The molecule has 0 bridgehead atoms. The molecular formula is C10H9N5. The van der Waals surface area contributed by atoms with Crippen LogP contribution in [0, 0.1) is 11.5 Å². The topological polar surface area (TPSA) is 68.6 Å². The molecule has 1 N–H and O–H groups in total. The van der Waals surface area contributed by atoms with Gasteiger partial charge in [0.2, 0.25) is 5.95 Å². The zero-order valence-corrected chi connectivity index (χ0v) is 8.18. The summed E-state index contributed by atoms with van der Waals surface area (Å²) in [5.41, 5.74) is 1.86. The first kappa shape index (κ1) is 9.21. The Bertz CT molecular complexity index is 466. The lowest BCUT2D eigenvalue weighted by Crippen LogP contribution is -2.11. The maximum atomic E-state index is 8.63. The van der Waals surface area contributed by atoms with Gasteiger partial charge in [-0.15, -0.1) is 0 Å². The van der Waals surface area contributed by atoms with Gasteiger partial charge in [0.15, 0.2) is 6.19 Å². The summed E-state index contributed by atoms with van der Waals surface area (Å²) in [6.07, 6.45) is 7.14. The molecule has 2 rings (SSSR count). The molecule has 0 aliphatic heterocycles. The SMILES string of the molecule is CN(C#N)c1ncc(-c2ccc[nH]2)cn1. The van der Waals surface area contributed by atoms with Crippen LogP contribution in [0.5, 0.6) is 0 Å². The summed E-state index contributed by atoms with van der Waals surface area (Å²) in [7, 11) is 1.61. The zero-order chi connectivity index (χ0) is 10.7. The van der Waals surface area contributed by atoms with E-state index in [1.54, 1.807) is 19.4 Å². The summed E-state index contributed by atoms with van der Waals surface area (Å²) < 4.78 is 0. The molecule has 74 valence electrons. The molecule has 0 unspecified atom stereocenters. The molecule has 0 aliphatic rings. The largest absolute Gasteiger partial charge is 0.361 e. The Balaban J connectivity index is 2.30. The van der Waals surface area contributed by atoms with Gasteiger partial charge in [-0.1, -0.05) is 0 Å². The number of aromatic amines is 1. The van der Waals surface area contributed by atoms with Crippen LogP contribution in [0.25, 0.3) is 11.3 Å². The van der Waals surface area contributed by atoms with Crippen LogP contribution < -0.4 is 4.90 Å². The Kier molecular flexibility index (Phi) is 2.33. The molecular weight excluding hydrogens is 190 g/mol. The van der Waals surface area contributed by atoms with E-state index in [-0.39, 0.29) is 0 Å². The maximum absolute atomic E-state index is 8.63. The average Bonchev–Trinajstić information content (AvgIpc) is 2.82. The van der Waals surface area contributed by atoms with Crippen molar-refractivity contribution >= 4 is 5.95 Å². The molecule has 0 aromatic carbocycles. The van der Waals surface area contributed by atoms with Gasteiger partial charge in [0.05, 0.1) is 0 Å². The van der Waals surface area contributed by atoms with Gasteiger partial charge >= 0.3 is 0 Å². The summed E-state index contributed by atoms with van der Waals surface area (Å²) in [6.45, 7) is 0. The van der Waals surface area contributed by atoms with Crippen molar-refractivity contribution in [1.29, 1.82) is 5.26 Å². The normalized spacial score (nSPS) is 9.60. The van der Waals surface area contributed by atoms with Crippen LogP contribution in [0.2, 0.25) is 0 Å². The predicted octanol–water partition coefficient (Wildman–Crippen LogP) is 1.39. The lowest BCUT2D eigenvalue weighted by atomic mass is 10.2. The van der Waals surface area contributed by atoms with E-state index >= 15 is 0 Å². The number of aromatic nitrogens is 3. The van der Waals surface area contributed by atoms with E-state index in [0.29, 0.717) is 5.95 Å². The Morgan fingerprint density at radius 2 is 2.13 bits per heavy atom. The fraction of sp³-hybridized carbons (Fsp3) is 0.100. The molecule has 2 aromatic rings. The van der Waals surface area contributed by atoms with E-state index in [2.05, 4.69) is 15.0 Å². The van der Waals surface area contributed by atoms with Crippen molar-refractivity contribution in [1.82, 2.24) is 15.0 Å². The lowest BCUT2D eigenvalue weighted by Gasteiger charge is -2.05. The standard InChI is InChI=1S/C10H9N5/c1-15(7-11)10-13-5-8(6-14-10)9-3-2-4-12-9/h2-6,12H,1H3. The smallest absolute Gasteiger partial charge is 0.238 e. The number of anilines is 1. The second kappa shape index (κ2) is 3.80. The van der Waals surface area contributed by atoms with Crippen molar-refractivity contribution in [2.75, 3.05) is 11.9 Å². The molecule has 0 saturated heterocycles. The van der Waals surface area contributed by atoms with Crippen molar-refractivity contribution in [2.45, 2.75) is 0 Å². The molecule has 5 nitrogen and oxygen atoms in total. The van der Waals surface area contributed by atoms with Gasteiger partial charge in [0.25, 0.3) is 0 Å². The average molecular weight is 199 g/mol. The van der Waals surface area contributed by atoms with Crippen LogP contribution in [0.3, 0.4) is 0 Å². The molecule has 0 saturated carbocycles. The molecule has 0 amide bonds. The van der Waals surface area contributed by atoms with Crippen LogP contribution in [0.15, 0.2) is 30.7 Å². The molecule has 0 atom stereocenters. The summed E-state index contributed by atoms with van der Waals surface area (Å²) in [5.74, 6) is 0.396. The molecule has 0 radical (unpaired) electrons. The minimum atomic E-state index is 0.396. The second-order valence-corrected chi connectivity index (χ2v) is 3.01. The van der Waals surface area contributed by atoms with Gasteiger partial charge in [0.1, 0.15) is 0 Å². The minimum Gasteiger partial charge on any atom is -0.361 e. The van der Waals surface area contributed by atoms with Crippen molar-refractivity contribution in [3.8, 4) is 17.5 Å². The van der Waals surface area contributed by atoms with E-state index in [9.17, 15) is 0 Å². The number of nitrogens with one attached hydrogen (secondary N) is 1. The van der Waals surface area contributed by atoms with E-state index in [1.165, 1.54) is 4.90 Å². The molecule has 0 fully saturated rings. The van der Waals surface area contributed by atoms with Crippen molar-refractivity contribution in [3.05, 3.63) is 30.7 Å². The van der Waals surface area contributed by atoms with Gasteiger partial charge in [-0.25, -0.2) is 9.97 Å². The third-order valence-electron chi connectivity index (χ3n) is 2.00. The molecule has 2 heterocycles. The number of hydrogen-bond acceptors (Lipinski definition) is 4. The Morgan fingerprint density at radius 1 is 1.40 bits per heavy atom. The quantitative estimate of drug-likeness (QED) is 0.586. The fourth-order valence-electron chi connectivity index (χ4n) is 1.19. The second-order valence-electron chi connectivity index (χ2n) is 3.01. The van der Waals surface area contributed by atoms with Gasteiger partial charge < -0.3 is 4.98 Å². The number of nitriles is 1. The Morgan fingerprint density at radius 3 is 2.67 bits per heavy atom. The highest BCUT2D eigenvalue weighted by molar-refractivity contribution is 5.57. The summed E-state index contributed by atoms with van der Waals surface area (Å²) >= 11 is 0. The highest BCUT2D eigenvalue weighted by atomic mass is 15.2. The van der Waals surface area contributed by atoms with E-state index in [0.717, 1.165) is 11.3 Å². The molecule has 5 heteroatoms. The highest BCUT2D eigenvalue weighted by Crippen LogP contribution is 2.15. The number of hydrogen-bond donors (Lipinski definition) is 1. The number of H-pyrrole nitrogens is 1. The third-order valence-corrected chi connectivity index (χ3v) is 2.00. The monoisotopic (exact) mass is 199 g/mol. The third kappa shape index (κ3) is 1.79. The first-order valence-corrected chi connectivity index (χ1v) is 4.40. The van der Waals surface area contributed by atoms with Crippen LogP contribution in [-0.2, 0) is 0 Å². The van der Waals surface area contributed by atoms with Crippen LogP contribution in [-0.4, -0.2) is 22.0 Å². The number of nitrogens with zero attached hydrogens (tertiary/aromatic N) is 4. The fourth-order valence-corrected chi connectivity index (χ4v) is 1.19. The van der Waals surface area contributed by atoms with Crippen molar-refractivity contribution in [2.24, 2.45) is 0 Å². The van der Waals surface area contributed by atoms with Gasteiger partial charge in [-0.2, -0.15) is 5.26 Å². The maximum Gasteiger partial charge on any atom is 0.238 e. The van der Waals surface area contributed by atoms with Crippen molar-refractivity contribution < 1.29 is 0 Å². The number of rotatable bonds is 2. The minimum absolute atomic E-state index is 0.396. The van der Waals surface area contributed by atoms with Gasteiger partial charge in [-0.3, -0.25) is 4.90 Å². The molecule has 15 heavy (non-hydrogen) atoms. The zero-order valence-electron chi connectivity index (χ0n) is 8.18. The van der Waals surface area contributed by atoms with Crippen LogP contribution in [0.1, 0.15) is 0 Å². The molecule has 0 spiro atoms. The van der Waals surface area contributed by atoms with Gasteiger partial charge in [0, 0.05) is 36.9 Å². The van der Waals surface area contributed by atoms with Crippen LogP contribution >= 0.6 is 0 Å². The summed E-state index contributed by atoms with van der Waals surface area (Å²) in [6, 6.07) is 3.84. The highest BCUT2D eigenvalue weighted by Gasteiger charge is 2.03. The summed E-state index contributed by atoms with van der Waals surface area (Å²) in [5, 5.41) is 8.63. The first-order valence-electron chi connectivity index (χ1n) is 4.40. The van der Waals surface area contributed by atoms with Crippen molar-refractivity contribution in [3.63, 3.8) is 0 Å². The van der Waals surface area contributed by atoms with E-state index in [1.807, 2.05) is 24.5 Å². The van der Waals surface area contributed by atoms with Crippen LogP contribution in [0.4, 0.5) is 5.95 Å². The first-order chi connectivity index (χ1) is 7.31. The summed E-state index contributed by atoms with van der Waals surface area (Å²) in [4.78, 5) is 12.5. The molecule has 0 aliphatic carbocycles. The predicted molar refractivity (Wildman–Crippen MR) is 55.8 cm³/mol. The Hall–Kier alpha value is -2.35. The van der Waals surface area contributed by atoms with E-state index < -0.39 is 0 Å².